The van der Waals surface area contributed by atoms with Gasteiger partial charge in [0.15, 0.2) is 0 Å². The van der Waals surface area contributed by atoms with Crippen LogP contribution in [0.5, 0.6) is 0 Å². The van der Waals surface area contributed by atoms with E-state index in [0.29, 0.717) is 19.4 Å². The smallest absolute Gasteiger partial charge is 0.144 e. The number of rotatable bonds is 33. The first-order valence-electron chi connectivity index (χ1n) is 18.1. The fraction of sp³-hybridized carbons (Fsp3) is 0.944. The highest BCUT2D eigenvalue weighted by Gasteiger charge is 2.27. The van der Waals surface area contributed by atoms with Crippen LogP contribution in [-0.2, 0) is 9.59 Å². The molecule has 4 heteroatoms. The van der Waals surface area contributed by atoms with Crippen LogP contribution in [0, 0.1) is 5.92 Å². The van der Waals surface area contributed by atoms with Crippen molar-refractivity contribution in [3.63, 3.8) is 0 Å². The van der Waals surface area contributed by atoms with Crippen molar-refractivity contribution in [1.29, 1.82) is 0 Å². The topological polar surface area (TPSA) is 57.6 Å². The first kappa shape index (κ1) is 39.3. The standard InChI is InChI=1S/C36H71NO3/c1-4-7-9-11-13-15-17-19-21-23-25-27-29-31-35(38)34(33-37(40)6-3)36(39)32-30-28-26-24-22-20-18-16-14-12-10-8-5-2/h34,40H,4-33H2,1-3H3. The van der Waals surface area contributed by atoms with Crippen LogP contribution in [-0.4, -0.2) is 34.9 Å². The van der Waals surface area contributed by atoms with Crippen LogP contribution in [0.4, 0.5) is 0 Å². The Morgan fingerprint density at radius 3 is 0.950 bits per heavy atom. The molecule has 0 aromatic carbocycles. The molecule has 0 atom stereocenters. The molecule has 0 saturated carbocycles. The normalized spacial score (nSPS) is 11.7. The predicted octanol–water partition coefficient (Wildman–Crippen LogP) is 11.4. The molecule has 0 spiro atoms. The fourth-order valence-corrected chi connectivity index (χ4v) is 5.71. The van der Waals surface area contributed by atoms with E-state index < -0.39 is 5.92 Å². The molecule has 0 aliphatic heterocycles. The molecule has 0 aliphatic rings. The van der Waals surface area contributed by atoms with Crippen LogP contribution in [0.1, 0.15) is 201 Å². The Kier molecular flexibility index (Phi) is 30.6. The van der Waals surface area contributed by atoms with E-state index in [9.17, 15) is 14.8 Å². The zero-order valence-electron chi connectivity index (χ0n) is 27.5. The van der Waals surface area contributed by atoms with Crippen molar-refractivity contribution in [1.82, 2.24) is 5.06 Å². The Hall–Kier alpha value is -0.740. The van der Waals surface area contributed by atoms with E-state index >= 15 is 0 Å². The van der Waals surface area contributed by atoms with Crippen LogP contribution in [0.25, 0.3) is 0 Å². The van der Waals surface area contributed by atoms with E-state index in [1.165, 1.54) is 141 Å². The molecule has 0 bridgehead atoms. The molecule has 0 heterocycles. The molecule has 4 nitrogen and oxygen atoms in total. The van der Waals surface area contributed by atoms with Crippen molar-refractivity contribution in [2.45, 2.75) is 201 Å². The summed E-state index contributed by atoms with van der Waals surface area (Å²) in [5, 5.41) is 11.2. The molecule has 0 saturated heterocycles. The van der Waals surface area contributed by atoms with Gasteiger partial charge in [-0.1, -0.05) is 175 Å². The highest BCUT2D eigenvalue weighted by atomic mass is 16.5. The first-order valence-corrected chi connectivity index (χ1v) is 18.1. The van der Waals surface area contributed by atoms with Gasteiger partial charge in [0.25, 0.3) is 0 Å². The molecule has 0 radical (unpaired) electrons. The largest absolute Gasteiger partial charge is 0.314 e. The van der Waals surface area contributed by atoms with Gasteiger partial charge in [0.2, 0.25) is 0 Å². The minimum Gasteiger partial charge on any atom is -0.314 e. The highest BCUT2D eigenvalue weighted by molar-refractivity contribution is 6.02. The number of carbonyl (C=O) groups excluding carboxylic acids is 2. The Morgan fingerprint density at radius 2 is 0.700 bits per heavy atom. The third-order valence-electron chi connectivity index (χ3n) is 8.59. The zero-order chi connectivity index (χ0) is 29.5. The minimum absolute atomic E-state index is 0.0373. The van der Waals surface area contributed by atoms with Crippen LogP contribution in [0.2, 0.25) is 0 Å². The van der Waals surface area contributed by atoms with Crippen molar-refractivity contribution in [2.75, 3.05) is 13.1 Å². The Balaban J connectivity index is 3.91. The van der Waals surface area contributed by atoms with Gasteiger partial charge >= 0.3 is 0 Å². The highest BCUT2D eigenvalue weighted by Crippen LogP contribution is 2.18. The molecule has 0 aliphatic carbocycles. The molecular weight excluding hydrogens is 494 g/mol. The van der Waals surface area contributed by atoms with Gasteiger partial charge in [-0.2, -0.15) is 5.06 Å². The SMILES string of the molecule is CCCCCCCCCCCCCCCC(=O)C(CN(O)CC)C(=O)CCCCCCCCCCCCCCC. The lowest BCUT2D eigenvalue weighted by atomic mass is 9.91. The lowest BCUT2D eigenvalue weighted by molar-refractivity contribution is -0.143. The van der Waals surface area contributed by atoms with Crippen molar-refractivity contribution in [2.24, 2.45) is 5.92 Å². The average Bonchev–Trinajstić information content (AvgIpc) is 2.96. The summed E-state index contributed by atoms with van der Waals surface area (Å²) in [4.78, 5) is 25.8. The van der Waals surface area contributed by atoms with E-state index in [4.69, 9.17) is 0 Å². The maximum absolute atomic E-state index is 12.9. The first-order chi connectivity index (χ1) is 19.6. The molecule has 238 valence electrons. The molecule has 0 fully saturated rings. The van der Waals surface area contributed by atoms with Gasteiger partial charge in [-0.05, 0) is 12.8 Å². The third kappa shape index (κ3) is 26.2. The Bertz CT molecular complexity index is 508. The number of Topliss-reactive ketones (excluding diaryl/α,β-unsaturated/α-hetero) is 2. The maximum Gasteiger partial charge on any atom is 0.144 e. The minimum atomic E-state index is -0.653. The van der Waals surface area contributed by atoms with Gasteiger partial charge in [-0.15, -0.1) is 0 Å². The van der Waals surface area contributed by atoms with Crippen LogP contribution in [0.15, 0.2) is 0 Å². The average molecular weight is 566 g/mol. The van der Waals surface area contributed by atoms with Crippen LogP contribution >= 0.6 is 0 Å². The molecule has 0 aromatic rings. The second kappa shape index (κ2) is 31.2. The molecule has 0 aromatic heterocycles. The van der Waals surface area contributed by atoms with Gasteiger partial charge in [0.05, 0.1) is 5.92 Å². The number of nitrogens with zero attached hydrogens (tertiary/aromatic N) is 1. The quantitative estimate of drug-likeness (QED) is 0.0488. The number of carbonyl (C=O) groups is 2. The lowest BCUT2D eigenvalue weighted by Gasteiger charge is -2.20. The molecular formula is C36H71NO3. The van der Waals surface area contributed by atoms with E-state index in [2.05, 4.69) is 13.8 Å². The molecule has 0 unspecified atom stereocenters. The number of ketones is 2. The zero-order valence-corrected chi connectivity index (χ0v) is 27.5. The van der Waals surface area contributed by atoms with Crippen LogP contribution < -0.4 is 0 Å². The number of unbranched alkanes of at least 4 members (excludes halogenated alkanes) is 24. The summed E-state index contributed by atoms with van der Waals surface area (Å²) in [5.74, 6) is -0.579. The van der Waals surface area contributed by atoms with Gasteiger partial charge in [-0.25, -0.2) is 0 Å². The summed E-state index contributed by atoms with van der Waals surface area (Å²) in [5.41, 5.74) is 0. The molecule has 40 heavy (non-hydrogen) atoms. The van der Waals surface area contributed by atoms with Crippen molar-refractivity contribution in [3.8, 4) is 0 Å². The van der Waals surface area contributed by atoms with Crippen molar-refractivity contribution in [3.05, 3.63) is 0 Å². The maximum atomic E-state index is 12.9. The third-order valence-corrected chi connectivity index (χ3v) is 8.59. The number of hydroxylamine groups is 2. The van der Waals surface area contributed by atoms with E-state index in [-0.39, 0.29) is 18.1 Å². The Morgan fingerprint density at radius 1 is 0.450 bits per heavy atom. The lowest BCUT2D eigenvalue weighted by Crippen LogP contribution is -2.36. The van der Waals surface area contributed by atoms with Gasteiger partial charge < -0.3 is 5.21 Å². The summed E-state index contributed by atoms with van der Waals surface area (Å²) in [6.45, 7) is 6.99. The summed E-state index contributed by atoms with van der Waals surface area (Å²) in [6, 6.07) is 0. The monoisotopic (exact) mass is 566 g/mol. The Labute approximate surface area is 250 Å². The van der Waals surface area contributed by atoms with Gasteiger partial charge in [0, 0.05) is 25.9 Å². The van der Waals surface area contributed by atoms with E-state index in [1.54, 1.807) is 0 Å². The molecule has 0 amide bonds. The summed E-state index contributed by atoms with van der Waals surface area (Å²) in [6.07, 6.45) is 34.3. The summed E-state index contributed by atoms with van der Waals surface area (Å²) < 4.78 is 0. The van der Waals surface area contributed by atoms with Crippen molar-refractivity contribution < 1.29 is 14.8 Å². The van der Waals surface area contributed by atoms with E-state index in [0.717, 1.165) is 30.7 Å². The number of hydrogen-bond acceptors (Lipinski definition) is 4. The molecule has 1 N–H and O–H groups in total. The number of hydrogen-bond donors (Lipinski definition) is 1. The fourth-order valence-electron chi connectivity index (χ4n) is 5.71. The summed E-state index contributed by atoms with van der Waals surface area (Å²) >= 11 is 0. The van der Waals surface area contributed by atoms with Crippen LogP contribution in [0.3, 0.4) is 0 Å². The second-order valence-electron chi connectivity index (χ2n) is 12.5. The summed E-state index contributed by atoms with van der Waals surface area (Å²) in [7, 11) is 0. The molecule has 0 rings (SSSR count). The predicted molar refractivity (Wildman–Crippen MR) is 173 cm³/mol. The van der Waals surface area contributed by atoms with Crippen molar-refractivity contribution >= 4 is 11.6 Å². The van der Waals surface area contributed by atoms with E-state index in [1.807, 2.05) is 6.92 Å². The van der Waals surface area contributed by atoms with Gasteiger partial charge in [0.1, 0.15) is 11.6 Å². The second-order valence-corrected chi connectivity index (χ2v) is 12.5. The van der Waals surface area contributed by atoms with Gasteiger partial charge in [-0.3, -0.25) is 9.59 Å².